The molecular weight excluding hydrogens is 294 g/mol. The molecule has 0 radical (unpaired) electrons. The van der Waals surface area contributed by atoms with Crippen LogP contribution >= 0.6 is 0 Å². The second kappa shape index (κ2) is 8.11. The van der Waals surface area contributed by atoms with Crippen molar-refractivity contribution in [1.82, 2.24) is 5.32 Å². The Morgan fingerprint density at radius 3 is 2.48 bits per heavy atom. The second-order valence-corrected chi connectivity index (χ2v) is 6.30. The fraction of sp³-hybridized carbons (Fsp3) is 0.556. The van der Waals surface area contributed by atoms with Crippen molar-refractivity contribution in [1.29, 1.82) is 0 Å². The lowest BCUT2D eigenvalue weighted by Crippen LogP contribution is -2.46. The van der Waals surface area contributed by atoms with Crippen molar-refractivity contribution in [2.45, 2.75) is 51.7 Å². The van der Waals surface area contributed by atoms with Crippen molar-refractivity contribution in [2.75, 3.05) is 6.54 Å². The molecule has 0 bridgehead atoms. The third-order valence-electron chi connectivity index (χ3n) is 4.58. The molecule has 23 heavy (non-hydrogen) atoms. The van der Waals surface area contributed by atoms with Gasteiger partial charge in [-0.3, -0.25) is 9.59 Å². The van der Waals surface area contributed by atoms with E-state index >= 15 is 0 Å². The number of ether oxygens (including phenoxy) is 1. The smallest absolute Gasteiger partial charge is 0.311 e. The SMILES string of the molecule is CC(OCc1ccccc1)C(=O)NCC1(C(=O)O)CCCCC1. The van der Waals surface area contributed by atoms with Gasteiger partial charge in [-0.15, -0.1) is 0 Å². The molecule has 1 aliphatic rings. The van der Waals surface area contributed by atoms with Gasteiger partial charge < -0.3 is 15.2 Å². The summed E-state index contributed by atoms with van der Waals surface area (Å²) in [5, 5.41) is 12.3. The van der Waals surface area contributed by atoms with Crippen LogP contribution in [0.3, 0.4) is 0 Å². The maximum absolute atomic E-state index is 12.1. The summed E-state index contributed by atoms with van der Waals surface area (Å²) in [4.78, 5) is 23.7. The van der Waals surface area contributed by atoms with E-state index in [-0.39, 0.29) is 12.5 Å². The van der Waals surface area contributed by atoms with E-state index in [1.54, 1.807) is 6.92 Å². The van der Waals surface area contributed by atoms with Crippen molar-refractivity contribution in [3.63, 3.8) is 0 Å². The number of hydrogen-bond donors (Lipinski definition) is 2. The average Bonchev–Trinajstić information content (AvgIpc) is 2.59. The Morgan fingerprint density at radius 1 is 1.22 bits per heavy atom. The minimum Gasteiger partial charge on any atom is -0.481 e. The van der Waals surface area contributed by atoms with E-state index in [4.69, 9.17) is 4.74 Å². The van der Waals surface area contributed by atoms with E-state index in [0.29, 0.717) is 19.4 Å². The van der Waals surface area contributed by atoms with Gasteiger partial charge in [-0.25, -0.2) is 0 Å². The van der Waals surface area contributed by atoms with E-state index in [9.17, 15) is 14.7 Å². The molecule has 5 heteroatoms. The first-order valence-electron chi connectivity index (χ1n) is 8.20. The highest BCUT2D eigenvalue weighted by Gasteiger charge is 2.40. The molecule has 0 spiro atoms. The van der Waals surface area contributed by atoms with Crippen LogP contribution in [-0.4, -0.2) is 29.6 Å². The molecule has 0 aliphatic heterocycles. The van der Waals surface area contributed by atoms with Gasteiger partial charge in [0.25, 0.3) is 0 Å². The lowest BCUT2D eigenvalue weighted by Gasteiger charge is -2.33. The summed E-state index contributed by atoms with van der Waals surface area (Å²) in [6, 6.07) is 9.64. The average molecular weight is 319 g/mol. The number of carbonyl (C=O) groups excluding carboxylic acids is 1. The lowest BCUT2D eigenvalue weighted by molar-refractivity contribution is -0.151. The highest BCUT2D eigenvalue weighted by molar-refractivity contribution is 5.82. The third kappa shape index (κ3) is 4.79. The van der Waals surface area contributed by atoms with Crippen molar-refractivity contribution >= 4 is 11.9 Å². The standard InChI is InChI=1S/C18H25NO4/c1-14(23-12-15-8-4-2-5-9-15)16(20)19-13-18(17(21)22)10-6-3-7-11-18/h2,4-5,8-9,14H,3,6-7,10-13H2,1H3,(H,19,20)(H,21,22). The molecule has 1 fully saturated rings. The summed E-state index contributed by atoms with van der Waals surface area (Å²) >= 11 is 0. The maximum atomic E-state index is 12.1. The van der Waals surface area contributed by atoms with E-state index in [1.165, 1.54) is 0 Å². The molecule has 0 aromatic heterocycles. The minimum absolute atomic E-state index is 0.181. The van der Waals surface area contributed by atoms with Gasteiger partial charge in [0, 0.05) is 6.54 Å². The van der Waals surface area contributed by atoms with Crippen LogP contribution in [0.15, 0.2) is 30.3 Å². The van der Waals surface area contributed by atoms with E-state index in [0.717, 1.165) is 24.8 Å². The van der Waals surface area contributed by atoms with Crippen LogP contribution in [0.25, 0.3) is 0 Å². The van der Waals surface area contributed by atoms with Crippen molar-refractivity contribution in [3.8, 4) is 0 Å². The second-order valence-electron chi connectivity index (χ2n) is 6.30. The van der Waals surface area contributed by atoms with Gasteiger partial charge in [0.05, 0.1) is 12.0 Å². The molecule has 1 aliphatic carbocycles. The predicted molar refractivity (Wildman–Crippen MR) is 86.9 cm³/mol. The van der Waals surface area contributed by atoms with Crippen LogP contribution in [0.1, 0.15) is 44.6 Å². The zero-order chi connectivity index (χ0) is 16.7. The molecule has 2 N–H and O–H groups in total. The highest BCUT2D eigenvalue weighted by atomic mass is 16.5. The van der Waals surface area contributed by atoms with Crippen LogP contribution in [0, 0.1) is 5.41 Å². The van der Waals surface area contributed by atoms with Gasteiger partial charge in [-0.2, -0.15) is 0 Å². The summed E-state index contributed by atoms with van der Waals surface area (Å²) in [6.07, 6.45) is 3.53. The molecule has 1 aromatic carbocycles. The first-order valence-corrected chi connectivity index (χ1v) is 8.20. The van der Waals surface area contributed by atoms with Gasteiger partial charge in [0.2, 0.25) is 5.91 Å². The van der Waals surface area contributed by atoms with E-state index in [2.05, 4.69) is 5.32 Å². The van der Waals surface area contributed by atoms with Gasteiger partial charge in [0.1, 0.15) is 6.10 Å². The quantitative estimate of drug-likeness (QED) is 0.810. The lowest BCUT2D eigenvalue weighted by atomic mass is 9.74. The van der Waals surface area contributed by atoms with E-state index in [1.807, 2.05) is 30.3 Å². The van der Waals surface area contributed by atoms with Crippen LogP contribution in [-0.2, 0) is 20.9 Å². The number of carbonyl (C=O) groups is 2. The fourth-order valence-corrected chi connectivity index (χ4v) is 2.97. The number of aliphatic carboxylic acids is 1. The molecule has 0 heterocycles. The fourth-order valence-electron chi connectivity index (χ4n) is 2.97. The summed E-state index contributed by atoms with van der Waals surface area (Å²) in [5.41, 5.74) is 0.189. The largest absolute Gasteiger partial charge is 0.481 e. The number of benzene rings is 1. The van der Waals surface area contributed by atoms with E-state index < -0.39 is 17.5 Å². The monoisotopic (exact) mass is 319 g/mol. The summed E-state index contributed by atoms with van der Waals surface area (Å²) in [6.45, 7) is 2.23. The summed E-state index contributed by atoms with van der Waals surface area (Å²) in [5.74, 6) is -1.07. The Hall–Kier alpha value is -1.88. The van der Waals surface area contributed by atoms with Crippen LogP contribution in [0.5, 0.6) is 0 Å². The molecule has 0 saturated heterocycles. The normalized spacial score (nSPS) is 18.1. The molecule has 1 atom stereocenters. The zero-order valence-corrected chi connectivity index (χ0v) is 13.6. The Bertz CT molecular complexity index is 523. The maximum Gasteiger partial charge on any atom is 0.311 e. The van der Waals surface area contributed by atoms with Crippen LogP contribution in [0.2, 0.25) is 0 Å². The first-order chi connectivity index (χ1) is 11.0. The van der Waals surface area contributed by atoms with Crippen LogP contribution in [0.4, 0.5) is 0 Å². The summed E-state index contributed by atoms with van der Waals surface area (Å²) in [7, 11) is 0. The topological polar surface area (TPSA) is 75.6 Å². The molecule has 1 aromatic rings. The number of rotatable bonds is 7. The molecule has 1 saturated carbocycles. The molecular formula is C18H25NO4. The van der Waals surface area contributed by atoms with Crippen molar-refractivity contribution in [3.05, 3.63) is 35.9 Å². The molecule has 1 amide bonds. The minimum atomic E-state index is -0.812. The molecule has 1 unspecified atom stereocenters. The van der Waals surface area contributed by atoms with Gasteiger partial charge in [0.15, 0.2) is 0 Å². The Balaban J connectivity index is 1.82. The molecule has 5 nitrogen and oxygen atoms in total. The Morgan fingerprint density at radius 2 is 1.87 bits per heavy atom. The van der Waals surface area contributed by atoms with Gasteiger partial charge in [-0.1, -0.05) is 49.6 Å². The van der Waals surface area contributed by atoms with Gasteiger partial charge >= 0.3 is 5.97 Å². The Labute approximate surface area is 137 Å². The predicted octanol–water partition coefficient (Wildman–Crippen LogP) is 2.74. The highest BCUT2D eigenvalue weighted by Crippen LogP contribution is 2.36. The zero-order valence-electron chi connectivity index (χ0n) is 13.6. The Kier molecular flexibility index (Phi) is 6.16. The number of amides is 1. The number of nitrogens with one attached hydrogen (secondary N) is 1. The van der Waals surface area contributed by atoms with Crippen molar-refractivity contribution in [2.24, 2.45) is 5.41 Å². The first kappa shape index (κ1) is 17.5. The van der Waals surface area contributed by atoms with Crippen molar-refractivity contribution < 1.29 is 19.4 Å². The molecule has 2 rings (SSSR count). The number of carboxylic acid groups (broad SMARTS) is 1. The number of carboxylic acids is 1. The molecule has 126 valence electrons. The van der Waals surface area contributed by atoms with Gasteiger partial charge in [-0.05, 0) is 25.3 Å². The third-order valence-corrected chi connectivity index (χ3v) is 4.58. The number of hydrogen-bond acceptors (Lipinski definition) is 3. The summed E-state index contributed by atoms with van der Waals surface area (Å²) < 4.78 is 5.56. The van der Waals surface area contributed by atoms with Crippen LogP contribution < -0.4 is 5.32 Å².